The number of aromatic nitrogens is 2. The number of carbonyl (C=O) groups is 2. The van der Waals surface area contributed by atoms with Gasteiger partial charge in [-0.05, 0) is 86.0 Å². The predicted molar refractivity (Wildman–Crippen MR) is 159 cm³/mol. The molecule has 0 radical (unpaired) electrons. The number of ketones is 1. The van der Waals surface area contributed by atoms with Crippen molar-refractivity contribution in [3.63, 3.8) is 0 Å². The van der Waals surface area contributed by atoms with Crippen molar-refractivity contribution in [1.82, 2.24) is 9.38 Å². The summed E-state index contributed by atoms with van der Waals surface area (Å²) in [6.07, 6.45) is 1.88. The molecule has 0 atom stereocenters. The van der Waals surface area contributed by atoms with E-state index in [2.05, 4.69) is 22.1 Å². The van der Waals surface area contributed by atoms with Gasteiger partial charge in [0.1, 0.15) is 23.9 Å². The molecule has 0 unspecified atom stereocenters. The third-order valence-corrected chi connectivity index (χ3v) is 6.71. The van der Waals surface area contributed by atoms with E-state index in [9.17, 15) is 9.59 Å². The molecule has 0 aliphatic rings. The normalized spacial score (nSPS) is 10.9. The Morgan fingerprint density at radius 2 is 1.65 bits per heavy atom. The summed E-state index contributed by atoms with van der Waals surface area (Å²) in [6.45, 7) is 7.13. The van der Waals surface area contributed by atoms with Crippen molar-refractivity contribution in [2.24, 2.45) is 0 Å². The predicted octanol–water partition coefficient (Wildman–Crippen LogP) is 6.26. The molecular weight excluding hydrogens is 500 g/mol. The summed E-state index contributed by atoms with van der Waals surface area (Å²) in [6, 6.07) is 26.6. The first-order chi connectivity index (χ1) is 19.3. The molecule has 3 heterocycles. The van der Waals surface area contributed by atoms with Gasteiger partial charge in [-0.2, -0.15) is 0 Å². The molecule has 0 fully saturated rings. The number of anilines is 2. The summed E-state index contributed by atoms with van der Waals surface area (Å²) in [5.74, 6) is 0.276. The van der Waals surface area contributed by atoms with E-state index >= 15 is 0 Å². The van der Waals surface area contributed by atoms with Crippen LogP contribution in [0.25, 0.3) is 16.6 Å². The largest absolute Gasteiger partial charge is 0.492 e. The molecule has 0 saturated heterocycles. The molecule has 7 heteroatoms. The highest BCUT2D eigenvalue weighted by molar-refractivity contribution is 6.47. The van der Waals surface area contributed by atoms with Crippen LogP contribution < -0.4 is 15.0 Å². The zero-order chi connectivity index (χ0) is 28.2. The number of pyridine rings is 2. The van der Waals surface area contributed by atoms with Crippen molar-refractivity contribution >= 4 is 28.7 Å². The Morgan fingerprint density at radius 3 is 2.38 bits per heavy atom. The average Bonchev–Trinajstić information content (AvgIpc) is 3.32. The van der Waals surface area contributed by atoms with E-state index in [0.29, 0.717) is 30.3 Å². The van der Waals surface area contributed by atoms with Gasteiger partial charge in [0.2, 0.25) is 0 Å². The van der Waals surface area contributed by atoms with Gasteiger partial charge in [-0.1, -0.05) is 36.4 Å². The number of aryl methyl sites for hydroxylation is 3. The summed E-state index contributed by atoms with van der Waals surface area (Å²) >= 11 is 0. The molecule has 7 nitrogen and oxygen atoms in total. The Kier molecular flexibility index (Phi) is 7.64. The minimum atomic E-state index is -0.699. The lowest BCUT2D eigenvalue weighted by Gasteiger charge is -2.19. The van der Waals surface area contributed by atoms with Crippen molar-refractivity contribution in [2.75, 3.05) is 30.4 Å². The van der Waals surface area contributed by atoms with Crippen LogP contribution in [0.3, 0.4) is 0 Å². The quantitative estimate of drug-likeness (QED) is 0.179. The molecule has 1 N–H and O–H groups in total. The number of amides is 1. The average molecular weight is 533 g/mol. The fourth-order valence-electron chi connectivity index (χ4n) is 4.71. The van der Waals surface area contributed by atoms with Crippen LogP contribution in [0.4, 0.5) is 11.5 Å². The van der Waals surface area contributed by atoms with Crippen molar-refractivity contribution in [3.05, 3.63) is 114 Å². The number of ether oxygens (including phenoxy) is 1. The van der Waals surface area contributed by atoms with Crippen LogP contribution in [0, 0.1) is 20.8 Å². The van der Waals surface area contributed by atoms with Crippen molar-refractivity contribution < 1.29 is 14.3 Å². The summed E-state index contributed by atoms with van der Waals surface area (Å²) in [5.41, 5.74) is 6.44. The fourth-order valence-corrected chi connectivity index (χ4v) is 4.71. The Morgan fingerprint density at radius 1 is 0.900 bits per heavy atom. The number of nitrogens with one attached hydrogen (secondary N) is 1. The minimum absolute atomic E-state index is 0.338. The second-order valence-corrected chi connectivity index (χ2v) is 10.00. The van der Waals surface area contributed by atoms with Crippen molar-refractivity contribution in [2.45, 2.75) is 20.8 Å². The van der Waals surface area contributed by atoms with Gasteiger partial charge in [-0.3, -0.25) is 9.59 Å². The van der Waals surface area contributed by atoms with E-state index in [1.54, 1.807) is 28.7 Å². The first-order valence-electron chi connectivity index (χ1n) is 13.2. The Balaban J connectivity index is 1.25. The van der Waals surface area contributed by atoms with Gasteiger partial charge in [0, 0.05) is 35.7 Å². The van der Waals surface area contributed by atoms with E-state index in [1.165, 1.54) is 5.56 Å². The smallest absolute Gasteiger partial charge is 0.298 e. The van der Waals surface area contributed by atoms with Gasteiger partial charge in [-0.15, -0.1) is 0 Å². The standard InChI is InChI=1S/C33H32N4O3/c1-22-10-13-27-20-29(25-8-6-5-7-9-25)31(37(27)21-22)32(38)33(39)35-26-11-14-28(15-12-26)40-17-16-36(4)30-19-23(2)18-24(3)34-30/h5-15,18-21H,16-17H2,1-4H3,(H,35,39). The minimum Gasteiger partial charge on any atom is -0.492 e. The first-order valence-corrected chi connectivity index (χ1v) is 13.2. The number of hydrogen-bond donors (Lipinski definition) is 1. The lowest BCUT2D eigenvalue weighted by Crippen LogP contribution is -2.25. The SMILES string of the molecule is Cc1cc(C)nc(N(C)CCOc2ccc(NC(=O)C(=O)c3c(-c4ccccc4)cc4ccc(C)cn34)cc2)c1. The van der Waals surface area contributed by atoms with E-state index in [-0.39, 0.29) is 0 Å². The number of benzene rings is 2. The number of nitrogens with zero attached hydrogens (tertiary/aromatic N) is 3. The molecule has 0 aliphatic carbocycles. The van der Waals surface area contributed by atoms with Gasteiger partial charge in [0.15, 0.2) is 0 Å². The van der Waals surface area contributed by atoms with E-state index in [1.807, 2.05) is 87.8 Å². The molecular formula is C33H32N4O3. The molecule has 3 aromatic heterocycles. The van der Waals surface area contributed by atoms with Crippen molar-refractivity contribution in [1.29, 1.82) is 0 Å². The number of fused-ring (bicyclic) bond motifs is 1. The molecule has 202 valence electrons. The van der Waals surface area contributed by atoms with Gasteiger partial charge in [0.25, 0.3) is 11.7 Å². The van der Waals surface area contributed by atoms with Crippen LogP contribution >= 0.6 is 0 Å². The molecule has 5 rings (SSSR count). The highest BCUT2D eigenvalue weighted by Gasteiger charge is 2.25. The number of hydrogen-bond acceptors (Lipinski definition) is 5. The summed E-state index contributed by atoms with van der Waals surface area (Å²) in [4.78, 5) is 33.2. The number of Topliss-reactive ketones (excluding diaryl/α,β-unsaturated/α-hetero) is 1. The molecule has 2 aromatic carbocycles. The Labute approximate surface area is 234 Å². The lowest BCUT2D eigenvalue weighted by molar-refractivity contribution is -0.112. The van der Waals surface area contributed by atoms with E-state index in [4.69, 9.17) is 4.74 Å². The Hall–Kier alpha value is -4.91. The molecule has 5 aromatic rings. The number of carbonyl (C=O) groups excluding carboxylic acids is 2. The van der Waals surface area contributed by atoms with Crippen LogP contribution in [0.1, 0.15) is 27.3 Å². The molecule has 0 bridgehead atoms. The van der Waals surface area contributed by atoms with E-state index in [0.717, 1.165) is 33.7 Å². The fraction of sp³-hybridized carbons (Fsp3) is 0.182. The zero-order valence-electron chi connectivity index (χ0n) is 23.1. The van der Waals surface area contributed by atoms with Crippen LogP contribution in [-0.4, -0.2) is 41.3 Å². The van der Waals surface area contributed by atoms with Gasteiger partial charge >= 0.3 is 0 Å². The molecule has 40 heavy (non-hydrogen) atoms. The van der Waals surface area contributed by atoms with Gasteiger partial charge in [-0.25, -0.2) is 4.98 Å². The van der Waals surface area contributed by atoms with Crippen LogP contribution in [-0.2, 0) is 4.79 Å². The molecule has 0 aliphatic heterocycles. The number of rotatable bonds is 9. The maximum atomic E-state index is 13.5. The second-order valence-electron chi connectivity index (χ2n) is 10.00. The van der Waals surface area contributed by atoms with Gasteiger partial charge in [0.05, 0.1) is 6.54 Å². The molecule has 0 saturated carbocycles. The third-order valence-electron chi connectivity index (χ3n) is 6.71. The molecule has 1 amide bonds. The van der Waals surface area contributed by atoms with Crippen molar-refractivity contribution in [3.8, 4) is 16.9 Å². The maximum Gasteiger partial charge on any atom is 0.298 e. The van der Waals surface area contributed by atoms with Gasteiger partial charge < -0.3 is 19.4 Å². The first kappa shape index (κ1) is 26.7. The second kappa shape index (κ2) is 11.5. The topological polar surface area (TPSA) is 75.9 Å². The summed E-state index contributed by atoms with van der Waals surface area (Å²) in [5, 5.41) is 2.75. The molecule has 0 spiro atoms. The third kappa shape index (κ3) is 5.89. The van der Waals surface area contributed by atoms with E-state index < -0.39 is 11.7 Å². The summed E-state index contributed by atoms with van der Waals surface area (Å²) in [7, 11) is 1.99. The zero-order valence-corrected chi connectivity index (χ0v) is 23.1. The highest BCUT2D eigenvalue weighted by atomic mass is 16.5. The lowest BCUT2D eigenvalue weighted by atomic mass is 10.0. The Bertz CT molecular complexity index is 1650. The van der Waals surface area contributed by atoms with Crippen LogP contribution in [0.5, 0.6) is 5.75 Å². The van der Waals surface area contributed by atoms with Crippen LogP contribution in [0.15, 0.2) is 91.1 Å². The van der Waals surface area contributed by atoms with Crippen LogP contribution in [0.2, 0.25) is 0 Å². The highest BCUT2D eigenvalue weighted by Crippen LogP contribution is 2.29. The maximum absolute atomic E-state index is 13.5. The monoisotopic (exact) mass is 532 g/mol. The number of likely N-dealkylation sites (N-methyl/N-ethyl adjacent to an activating group) is 1. The summed E-state index contributed by atoms with van der Waals surface area (Å²) < 4.78 is 7.69.